The van der Waals surface area contributed by atoms with Crippen molar-refractivity contribution >= 4 is 0 Å². The van der Waals surface area contributed by atoms with Crippen LogP contribution >= 0.6 is 0 Å². The van der Waals surface area contributed by atoms with E-state index < -0.39 is 0 Å². The molecule has 90 valence electrons. The second kappa shape index (κ2) is 5.02. The van der Waals surface area contributed by atoms with Crippen molar-refractivity contribution in [3.05, 3.63) is 23.7 Å². The summed E-state index contributed by atoms with van der Waals surface area (Å²) in [5.41, 5.74) is 5.87. The molecule has 2 unspecified atom stereocenters. The van der Waals surface area contributed by atoms with Gasteiger partial charge in [-0.15, -0.1) is 0 Å². The summed E-state index contributed by atoms with van der Waals surface area (Å²) in [7, 11) is 0. The van der Waals surface area contributed by atoms with E-state index in [0.29, 0.717) is 12.0 Å². The molecule has 2 rings (SSSR count). The van der Waals surface area contributed by atoms with Gasteiger partial charge in [0.1, 0.15) is 11.5 Å². The van der Waals surface area contributed by atoms with Gasteiger partial charge >= 0.3 is 0 Å². The second-order valence-corrected chi connectivity index (χ2v) is 4.91. The van der Waals surface area contributed by atoms with E-state index in [0.717, 1.165) is 31.2 Å². The molecule has 1 aliphatic rings. The molecule has 0 spiro atoms. The van der Waals surface area contributed by atoms with Gasteiger partial charge in [0.25, 0.3) is 0 Å². The van der Waals surface area contributed by atoms with E-state index in [2.05, 4.69) is 17.9 Å². The van der Waals surface area contributed by atoms with E-state index in [9.17, 15) is 0 Å². The molecule has 2 atom stereocenters. The van der Waals surface area contributed by atoms with Crippen LogP contribution in [0.25, 0.3) is 0 Å². The Morgan fingerprint density at radius 2 is 2.31 bits per heavy atom. The minimum atomic E-state index is 0.513. The molecule has 1 fully saturated rings. The fourth-order valence-corrected chi connectivity index (χ4v) is 2.68. The molecular weight excluding hydrogens is 200 g/mol. The summed E-state index contributed by atoms with van der Waals surface area (Å²) in [6, 6.07) is 4.61. The summed E-state index contributed by atoms with van der Waals surface area (Å²) in [5, 5.41) is 0. The highest BCUT2D eigenvalue weighted by Crippen LogP contribution is 2.24. The maximum absolute atomic E-state index is 5.87. The predicted molar refractivity (Wildman–Crippen MR) is 65.1 cm³/mol. The maximum atomic E-state index is 5.87. The molecule has 0 aromatic carbocycles. The summed E-state index contributed by atoms with van der Waals surface area (Å²) >= 11 is 0. The molecular formula is C13H22N2O. The zero-order chi connectivity index (χ0) is 11.5. The molecule has 3 heteroatoms. The number of rotatable bonds is 3. The number of aryl methyl sites for hydroxylation is 1. The second-order valence-electron chi connectivity index (χ2n) is 4.91. The molecule has 0 bridgehead atoms. The van der Waals surface area contributed by atoms with Gasteiger partial charge in [-0.2, -0.15) is 0 Å². The first-order chi connectivity index (χ1) is 7.70. The van der Waals surface area contributed by atoms with Gasteiger partial charge in [-0.05, 0) is 44.4 Å². The fourth-order valence-electron chi connectivity index (χ4n) is 2.68. The average Bonchev–Trinajstić information content (AvgIpc) is 2.64. The van der Waals surface area contributed by atoms with Gasteiger partial charge in [0.05, 0.1) is 6.54 Å². The quantitative estimate of drug-likeness (QED) is 0.852. The molecule has 2 N–H and O–H groups in total. The monoisotopic (exact) mass is 222 g/mol. The third kappa shape index (κ3) is 2.47. The molecule has 16 heavy (non-hydrogen) atoms. The predicted octanol–water partition coefficient (Wildman–Crippen LogP) is 2.15. The van der Waals surface area contributed by atoms with Crippen LogP contribution in [-0.4, -0.2) is 24.0 Å². The highest BCUT2D eigenvalue weighted by molar-refractivity contribution is 5.06. The van der Waals surface area contributed by atoms with Crippen LogP contribution < -0.4 is 5.73 Å². The van der Waals surface area contributed by atoms with Crippen LogP contribution in [0.1, 0.15) is 31.3 Å². The minimum Gasteiger partial charge on any atom is -0.465 e. The first kappa shape index (κ1) is 11.7. The number of nitrogens with zero attached hydrogens (tertiary/aromatic N) is 1. The summed E-state index contributed by atoms with van der Waals surface area (Å²) in [5.74, 6) is 2.75. The minimum absolute atomic E-state index is 0.513. The number of likely N-dealkylation sites (tertiary alicyclic amines) is 1. The van der Waals surface area contributed by atoms with Crippen LogP contribution in [0.5, 0.6) is 0 Å². The Kier molecular flexibility index (Phi) is 3.66. The third-order valence-corrected chi connectivity index (χ3v) is 3.63. The number of hydrogen-bond donors (Lipinski definition) is 1. The lowest BCUT2D eigenvalue weighted by molar-refractivity contribution is 0.0914. The number of nitrogens with two attached hydrogens (primary N) is 1. The van der Waals surface area contributed by atoms with Crippen LogP contribution in [0, 0.1) is 12.8 Å². The summed E-state index contributed by atoms with van der Waals surface area (Å²) < 4.78 is 5.63. The smallest absolute Gasteiger partial charge is 0.118 e. The van der Waals surface area contributed by atoms with Gasteiger partial charge in [0.2, 0.25) is 0 Å². The first-order valence-electron chi connectivity index (χ1n) is 6.20. The molecule has 0 radical (unpaired) electrons. The van der Waals surface area contributed by atoms with Crippen molar-refractivity contribution in [2.45, 2.75) is 39.3 Å². The van der Waals surface area contributed by atoms with Gasteiger partial charge in [-0.3, -0.25) is 4.90 Å². The first-order valence-corrected chi connectivity index (χ1v) is 6.20. The van der Waals surface area contributed by atoms with Gasteiger partial charge in [0, 0.05) is 12.6 Å². The maximum Gasteiger partial charge on any atom is 0.118 e. The van der Waals surface area contributed by atoms with Crippen molar-refractivity contribution in [1.82, 2.24) is 4.90 Å². The Morgan fingerprint density at radius 3 is 2.94 bits per heavy atom. The van der Waals surface area contributed by atoms with Gasteiger partial charge < -0.3 is 10.2 Å². The molecule has 2 heterocycles. The zero-order valence-corrected chi connectivity index (χ0v) is 10.3. The lowest BCUT2D eigenvalue weighted by atomic mass is 9.91. The van der Waals surface area contributed by atoms with E-state index in [4.69, 9.17) is 10.2 Å². The van der Waals surface area contributed by atoms with Crippen LogP contribution in [0.4, 0.5) is 0 Å². The molecule has 1 aromatic heterocycles. The van der Waals surface area contributed by atoms with E-state index in [1.54, 1.807) is 0 Å². The third-order valence-electron chi connectivity index (χ3n) is 3.63. The van der Waals surface area contributed by atoms with Crippen molar-refractivity contribution in [2.75, 3.05) is 13.1 Å². The zero-order valence-electron chi connectivity index (χ0n) is 10.3. The highest BCUT2D eigenvalue weighted by atomic mass is 16.3. The molecule has 1 aromatic rings. The Bertz CT molecular complexity index is 334. The average molecular weight is 222 g/mol. The topological polar surface area (TPSA) is 42.4 Å². The Morgan fingerprint density at radius 1 is 1.50 bits per heavy atom. The summed E-state index contributed by atoms with van der Waals surface area (Å²) in [6.07, 6.45) is 2.58. The summed E-state index contributed by atoms with van der Waals surface area (Å²) in [6.45, 7) is 7.09. The molecule has 3 nitrogen and oxygen atoms in total. The largest absolute Gasteiger partial charge is 0.465 e. The number of hydrogen-bond acceptors (Lipinski definition) is 3. The van der Waals surface area contributed by atoms with Gasteiger partial charge in [-0.1, -0.05) is 6.92 Å². The van der Waals surface area contributed by atoms with Gasteiger partial charge in [-0.25, -0.2) is 0 Å². The van der Waals surface area contributed by atoms with Crippen molar-refractivity contribution in [3.63, 3.8) is 0 Å². The van der Waals surface area contributed by atoms with Crippen LogP contribution in [0.2, 0.25) is 0 Å². The van der Waals surface area contributed by atoms with E-state index in [-0.39, 0.29) is 0 Å². The Hall–Kier alpha value is -0.800. The normalized spacial score (nSPS) is 27.2. The van der Waals surface area contributed by atoms with Crippen molar-refractivity contribution in [2.24, 2.45) is 11.7 Å². The molecule has 0 saturated carbocycles. The van der Waals surface area contributed by atoms with Crippen molar-refractivity contribution < 1.29 is 4.42 Å². The van der Waals surface area contributed by atoms with E-state index in [1.165, 1.54) is 12.8 Å². The highest BCUT2D eigenvalue weighted by Gasteiger charge is 2.27. The van der Waals surface area contributed by atoms with Crippen LogP contribution in [0.3, 0.4) is 0 Å². The standard InChI is InChI=1S/C13H22N2O/c1-10-4-3-7-15(13(10)8-14)9-12-6-5-11(2)16-12/h5-6,10,13H,3-4,7-9,14H2,1-2H3. The summed E-state index contributed by atoms with van der Waals surface area (Å²) in [4.78, 5) is 2.46. The fraction of sp³-hybridized carbons (Fsp3) is 0.692. The Balaban J connectivity index is 2.02. The Labute approximate surface area is 97.6 Å². The van der Waals surface area contributed by atoms with Crippen LogP contribution in [-0.2, 0) is 6.54 Å². The molecule has 1 saturated heterocycles. The lowest BCUT2D eigenvalue weighted by Gasteiger charge is -2.38. The van der Waals surface area contributed by atoms with Crippen molar-refractivity contribution in [3.8, 4) is 0 Å². The lowest BCUT2D eigenvalue weighted by Crippen LogP contribution is -2.47. The van der Waals surface area contributed by atoms with Gasteiger partial charge in [0.15, 0.2) is 0 Å². The number of piperidine rings is 1. The van der Waals surface area contributed by atoms with E-state index in [1.807, 2.05) is 13.0 Å². The molecule has 1 aliphatic heterocycles. The van der Waals surface area contributed by atoms with E-state index >= 15 is 0 Å². The number of furan rings is 1. The van der Waals surface area contributed by atoms with Crippen LogP contribution in [0.15, 0.2) is 16.5 Å². The molecule has 0 aliphatic carbocycles. The SMILES string of the molecule is Cc1ccc(CN2CCCC(C)C2CN)o1. The molecule has 0 amide bonds. The van der Waals surface area contributed by atoms with Crippen molar-refractivity contribution in [1.29, 1.82) is 0 Å².